The van der Waals surface area contributed by atoms with E-state index in [1.54, 1.807) is 61.5 Å². The summed E-state index contributed by atoms with van der Waals surface area (Å²) in [5, 5.41) is 6.46. The Morgan fingerprint density at radius 1 is 1.03 bits per heavy atom. The number of aromatic nitrogens is 1. The van der Waals surface area contributed by atoms with Crippen molar-refractivity contribution < 1.29 is 22.8 Å². The number of nitrogens with one attached hydrogen (secondary N) is 1. The molecular weight excluding hydrogens is 414 g/mol. The second-order valence-electron chi connectivity index (χ2n) is 7.25. The number of carbonyl (C=O) groups excluding carboxylic acids is 1. The van der Waals surface area contributed by atoms with Crippen LogP contribution in [0.15, 0.2) is 71.3 Å². The highest BCUT2D eigenvalue weighted by Crippen LogP contribution is 2.32. The molecule has 1 amide bonds. The Hall–Kier alpha value is -4.00. The summed E-state index contributed by atoms with van der Waals surface area (Å²) in [6.45, 7) is 3.85. The first-order valence-corrected chi connectivity index (χ1v) is 9.93. The molecule has 0 spiro atoms. The smallest absolute Gasteiger partial charge is 0.255 e. The van der Waals surface area contributed by atoms with Gasteiger partial charge in [-0.25, -0.2) is 8.78 Å². The van der Waals surface area contributed by atoms with Crippen molar-refractivity contribution in [2.24, 2.45) is 0 Å². The van der Waals surface area contributed by atoms with Crippen LogP contribution in [0.25, 0.3) is 11.1 Å². The van der Waals surface area contributed by atoms with E-state index in [9.17, 15) is 13.6 Å². The molecule has 4 rings (SSSR count). The van der Waals surface area contributed by atoms with E-state index in [0.717, 1.165) is 17.3 Å². The molecule has 5 nitrogen and oxygen atoms in total. The quantitative estimate of drug-likeness (QED) is 0.400. The first-order valence-electron chi connectivity index (χ1n) is 9.93. The number of aryl methyl sites for hydroxylation is 2. The molecule has 0 atom stereocenters. The summed E-state index contributed by atoms with van der Waals surface area (Å²) < 4.78 is 39.4. The van der Waals surface area contributed by atoms with Crippen LogP contribution < -0.4 is 10.1 Å². The van der Waals surface area contributed by atoms with Crippen LogP contribution in [0.5, 0.6) is 5.75 Å². The Morgan fingerprint density at radius 3 is 2.53 bits per heavy atom. The molecule has 0 aliphatic heterocycles. The number of nitrogens with zero attached hydrogens (tertiary/aromatic N) is 1. The molecule has 0 aliphatic carbocycles. The van der Waals surface area contributed by atoms with Gasteiger partial charge in [-0.05, 0) is 43.7 Å². The highest BCUT2D eigenvalue weighted by Gasteiger charge is 2.17. The Bertz CT molecular complexity index is 1250. The molecular formula is C25H20F2N2O3. The predicted molar refractivity (Wildman–Crippen MR) is 116 cm³/mol. The molecule has 0 saturated heterocycles. The van der Waals surface area contributed by atoms with Crippen molar-refractivity contribution in [1.82, 2.24) is 5.16 Å². The molecule has 4 aromatic rings. The molecule has 1 N–H and O–H groups in total. The topological polar surface area (TPSA) is 64.4 Å². The van der Waals surface area contributed by atoms with Gasteiger partial charge in [0.15, 0.2) is 0 Å². The zero-order valence-electron chi connectivity index (χ0n) is 17.5. The summed E-state index contributed by atoms with van der Waals surface area (Å²) in [5.41, 5.74) is 2.58. The molecule has 0 saturated carbocycles. The minimum Gasteiger partial charge on any atom is -0.489 e. The van der Waals surface area contributed by atoms with Gasteiger partial charge in [-0.1, -0.05) is 41.6 Å². The third kappa shape index (κ3) is 4.51. The maximum absolute atomic E-state index is 14.6. The van der Waals surface area contributed by atoms with E-state index in [1.165, 1.54) is 6.07 Å². The number of benzene rings is 3. The second-order valence-corrected chi connectivity index (χ2v) is 7.25. The third-order valence-corrected chi connectivity index (χ3v) is 5.04. The molecule has 1 heterocycles. The molecule has 3 aromatic carbocycles. The average molecular weight is 434 g/mol. The van der Waals surface area contributed by atoms with Gasteiger partial charge in [-0.15, -0.1) is 0 Å². The first-order chi connectivity index (χ1) is 15.4. The van der Waals surface area contributed by atoms with E-state index in [-0.39, 0.29) is 23.4 Å². The van der Waals surface area contributed by atoms with Gasteiger partial charge in [-0.3, -0.25) is 4.79 Å². The minimum absolute atomic E-state index is 0.0929. The fourth-order valence-electron chi connectivity index (χ4n) is 3.32. The minimum atomic E-state index is -0.858. The number of ether oxygens (including phenoxy) is 1. The van der Waals surface area contributed by atoms with Gasteiger partial charge >= 0.3 is 0 Å². The lowest BCUT2D eigenvalue weighted by molar-refractivity contribution is 0.102. The summed E-state index contributed by atoms with van der Waals surface area (Å²) >= 11 is 0. The van der Waals surface area contributed by atoms with Crippen molar-refractivity contribution in [1.29, 1.82) is 0 Å². The summed E-state index contributed by atoms with van der Waals surface area (Å²) in [6.07, 6.45) is 0. The van der Waals surface area contributed by atoms with Crippen LogP contribution in [0.2, 0.25) is 0 Å². The second kappa shape index (κ2) is 9.01. The monoisotopic (exact) mass is 434 g/mol. The van der Waals surface area contributed by atoms with E-state index in [2.05, 4.69) is 10.5 Å². The van der Waals surface area contributed by atoms with Gasteiger partial charge in [-0.2, -0.15) is 0 Å². The molecule has 0 radical (unpaired) electrons. The average Bonchev–Trinajstić information content (AvgIpc) is 3.11. The number of hydrogen-bond acceptors (Lipinski definition) is 4. The van der Waals surface area contributed by atoms with Crippen LogP contribution in [0.1, 0.15) is 27.4 Å². The molecule has 7 heteroatoms. The third-order valence-electron chi connectivity index (χ3n) is 5.04. The fourth-order valence-corrected chi connectivity index (χ4v) is 3.32. The molecule has 162 valence electrons. The molecule has 0 unspecified atom stereocenters. The van der Waals surface area contributed by atoms with Crippen LogP contribution in [0.3, 0.4) is 0 Å². The van der Waals surface area contributed by atoms with E-state index in [0.29, 0.717) is 17.1 Å². The zero-order chi connectivity index (χ0) is 22.7. The molecule has 1 aromatic heterocycles. The molecule has 0 fully saturated rings. The van der Waals surface area contributed by atoms with Crippen molar-refractivity contribution >= 4 is 11.6 Å². The zero-order valence-corrected chi connectivity index (χ0v) is 17.5. The number of anilines is 1. The van der Waals surface area contributed by atoms with Gasteiger partial charge in [0.25, 0.3) is 5.91 Å². The fraction of sp³-hybridized carbons (Fsp3) is 0.120. The number of carbonyl (C=O) groups is 1. The summed E-state index contributed by atoms with van der Waals surface area (Å²) in [5.74, 6) is -1.01. The van der Waals surface area contributed by atoms with Crippen LogP contribution >= 0.6 is 0 Å². The maximum atomic E-state index is 14.6. The van der Waals surface area contributed by atoms with Crippen LogP contribution in [-0.2, 0) is 6.61 Å². The highest BCUT2D eigenvalue weighted by atomic mass is 19.1. The van der Waals surface area contributed by atoms with Gasteiger partial charge in [0, 0.05) is 17.2 Å². The lowest BCUT2D eigenvalue weighted by Crippen LogP contribution is -2.14. The van der Waals surface area contributed by atoms with Crippen molar-refractivity contribution in [2.75, 3.05) is 5.32 Å². The number of amides is 1. The van der Waals surface area contributed by atoms with Crippen molar-refractivity contribution in [3.8, 4) is 16.9 Å². The van der Waals surface area contributed by atoms with Gasteiger partial charge < -0.3 is 14.6 Å². The van der Waals surface area contributed by atoms with Crippen molar-refractivity contribution in [3.05, 3.63) is 101 Å². The van der Waals surface area contributed by atoms with Crippen molar-refractivity contribution in [2.45, 2.75) is 20.5 Å². The lowest BCUT2D eigenvalue weighted by Gasteiger charge is -2.14. The Balaban J connectivity index is 1.57. The van der Waals surface area contributed by atoms with E-state index < -0.39 is 17.5 Å². The Labute approximate surface area is 183 Å². The summed E-state index contributed by atoms with van der Waals surface area (Å²) in [7, 11) is 0. The lowest BCUT2D eigenvalue weighted by atomic mass is 10.0. The van der Waals surface area contributed by atoms with E-state index in [4.69, 9.17) is 9.26 Å². The number of rotatable bonds is 6. The van der Waals surface area contributed by atoms with Crippen LogP contribution in [0, 0.1) is 25.5 Å². The number of halogens is 2. The standard InChI is InChI=1S/C25H20F2N2O3/c1-15-22(16(2)32-29-15)14-31-20-10-6-9-18(11-20)25(30)28-24-21(12-19(26)13-23(24)27)17-7-4-3-5-8-17/h3-13H,14H2,1-2H3,(H,28,30). The van der Waals surface area contributed by atoms with Gasteiger partial charge in [0.2, 0.25) is 0 Å². The van der Waals surface area contributed by atoms with E-state index in [1.807, 2.05) is 6.92 Å². The Kier molecular flexibility index (Phi) is 5.98. The van der Waals surface area contributed by atoms with Crippen LogP contribution in [0.4, 0.5) is 14.5 Å². The SMILES string of the molecule is Cc1noc(C)c1COc1cccc(C(=O)Nc2c(F)cc(F)cc2-c2ccccc2)c1. The van der Waals surface area contributed by atoms with Crippen molar-refractivity contribution in [3.63, 3.8) is 0 Å². The predicted octanol–water partition coefficient (Wildman–Crippen LogP) is 6.07. The normalized spacial score (nSPS) is 10.8. The molecule has 32 heavy (non-hydrogen) atoms. The largest absolute Gasteiger partial charge is 0.489 e. The van der Waals surface area contributed by atoms with Crippen LogP contribution in [-0.4, -0.2) is 11.1 Å². The summed E-state index contributed by atoms with van der Waals surface area (Å²) in [4.78, 5) is 12.9. The first kappa shape index (κ1) is 21.2. The van der Waals surface area contributed by atoms with E-state index >= 15 is 0 Å². The highest BCUT2D eigenvalue weighted by molar-refractivity contribution is 6.06. The van der Waals surface area contributed by atoms with Gasteiger partial charge in [0.05, 0.1) is 16.9 Å². The Morgan fingerprint density at radius 2 is 1.81 bits per heavy atom. The number of hydrogen-bond donors (Lipinski definition) is 1. The summed E-state index contributed by atoms with van der Waals surface area (Å²) in [6, 6.07) is 17.2. The molecule has 0 aliphatic rings. The maximum Gasteiger partial charge on any atom is 0.255 e. The molecule has 0 bridgehead atoms. The van der Waals surface area contributed by atoms with Gasteiger partial charge in [0.1, 0.15) is 29.8 Å².